The van der Waals surface area contributed by atoms with Crippen molar-refractivity contribution in [2.45, 2.75) is 39.5 Å². The highest BCUT2D eigenvalue weighted by molar-refractivity contribution is 5.90. The third-order valence-corrected chi connectivity index (χ3v) is 3.73. The molecular weight excluding hydrogens is 308 g/mol. The second-order valence-electron chi connectivity index (χ2n) is 6.90. The third kappa shape index (κ3) is 3.61. The predicted octanol–water partition coefficient (Wildman–Crippen LogP) is 2.80. The van der Waals surface area contributed by atoms with Crippen LogP contribution in [0.15, 0.2) is 30.6 Å². The second kappa shape index (κ2) is 6.07. The summed E-state index contributed by atoms with van der Waals surface area (Å²) in [5, 5.41) is 5.80. The highest BCUT2D eigenvalue weighted by Crippen LogP contribution is 2.27. The molecule has 0 bridgehead atoms. The summed E-state index contributed by atoms with van der Waals surface area (Å²) in [6, 6.07) is 5.50. The van der Waals surface area contributed by atoms with Crippen molar-refractivity contribution >= 4 is 17.8 Å². The number of anilines is 1. The van der Waals surface area contributed by atoms with Gasteiger partial charge in [-0.25, -0.2) is 9.59 Å². The molecule has 3 amide bonds. The molecule has 0 spiro atoms. The molecule has 0 saturated carbocycles. The molecule has 0 atom stereocenters. The summed E-state index contributed by atoms with van der Waals surface area (Å²) >= 11 is 0. The van der Waals surface area contributed by atoms with Crippen molar-refractivity contribution in [3.8, 4) is 0 Å². The lowest BCUT2D eigenvalue weighted by atomic mass is 10.1. The number of carbonyl (C=O) groups excluding carboxylic acids is 2. The van der Waals surface area contributed by atoms with Crippen LogP contribution in [-0.4, -0.2) is 34.2 Å². The fraction of sp³-hybridized carbons (Fsp3) is 0.412. The number of nitrogens with one attached hydrogen (secondary N) is 2. The number of hydrogen-bond acceptors (Lipinski definition) is 4. The molecule has 3 rings (SSSR count). The highest BCUT2D eigenvalue weighted by atomic mass is 16.6. The van der Waals surface area contributed by atoms with Gasteiger partial charge in [0.2, 0.25) is 0 Å². The molecule has 0 fully saturated rings. The van der Waals surface area contributed by atoms with E-state index in [0.29, 0.717) is 25.4 Å². The van der Waals surface area contributed by atoms with Crippen molar-refractivity contribution in [2.24, 2.45) is 0 Å². The van der Waals surface area contributed by atoms with Gasteiger partial charge in [-0.3, -0.25) is 9.80 Å². The second-order valence-corrected chi connectivity index (χ2v) is 6.90. The van der Waals surface area contributed by atoms with Gasteiger partial charge in [0.1, 0.15) is 5.60 Å². The van der Waals surface area contributed by atoms with Crippen molar-refractivity contribution in [1.82, 2.24) is 15.1 Å². The van der Waals surface area contributed by atoms with Gasteiger partial charge in [-0.15, -0.1) is 0 Å². The summed E-state index contributed by atoms with van der Waals surface area (Å²) in [4.78, 5) is 27.5. The first kappa shape index (κ1) is 16.2. The largest absolute Gasteiger partial charge is 0.444 e. The van der Waals surface area contributed by atoms with Gasteiger partial charge < -0.3 is 15.4 Å². The van der Waals surface area contributed by atoms with E-state index in [9.17, 15) is 9.59 Å². The number of hydrogen-bond donors (Lipinski definition) is 2. The van der Waals surface area contributed by atoms with Crippen LogP contribution in [0.2, 0.25) is 0 Å². The molecule has 2 heterocycles. The van der Waals surface area contributed by atoms with Gasteiger partial charge in [-0.05, 0) is 44.0 Å². The van der Waals surface area contributed by atoms with Crippen molar-refractivity contribution in [3.05, 3.63) is 41.7 Å². The van der Waals surface area contributed by atoms with Crippen molar-refractivity contribution in [1.29, 1.82) is 0 Å². The quantitative estimate of drug-likeness (QED) is 0.830. The Morgan fingerprint density at radius 1 is 1.21 bits per heavy atom. The van der Waals surface area contributed by atoms with Gasteiger partial charge in [-0.2, -0.15) is 0 Å². The lowest BCUT2D eigenvalue weighted by molar-refractivity contribution is 0.0242. The zero-order valence-corrected chi connectivity index (χ0v) is 14.1. The van der Waals surface area contributed by atoms with Crippen molar-refractivity contribution < 1.29 is 14.3 Å². The monoisotopic (exact) mass is 330 g/mol. The summed E-state index contributed by atoms with van der Waals surface area (Å²) in [7, 11) is 0. The van der Waals surface area contributed by atoms with Gasteiger partial charge in [0.15, 0.2) is 0 Å². The third-order valence-electron chi connectivity index (χ3n) is 3.73. The maximum Gasteiger partial charge on any atom is 0.410 e. The molecule has 0 aromatic heterocycles. The van der Waals surface area contributed by atoms with E-state index in [-0.39, 0.29) is 12.1 Å². The van der Waals surface area contributed by atoms with E-state index < -0.39 is 5.60 Å². The molecule has 0 aliphatic carbocycles. The summed E-state index contributed by atoms with van der Waals surface area (Å²) in [5.74, 6) is 0. The Labute approximate surface area is 141 Å². The molecule has 1 aromatic rings. The van der Waals surface area contributed by atoms with E-state index in [1.54, 1.807) is 22.2 Å². The Morgan fingerprint density at radius 3 is 2.62 bits per heavy atom. The number of ether oxygens (including phenoxy) is 1. The fourth-order valence-corrected chi connectivity index (χ4v) is 2.61. The molecule has 0 radical (unpaired) electrons. The summed E-state index contributed by atoms with van der Waals surface area (Å²) < 4.78 is 5.41. The zero-order valence-electron chi connectivity index (χ0n) is 14.1. The lowest BCUT2D eigenvalue weighted by Crippen LogP contribution is -2.33. The van der Waals surface area contributed by atoms with Gasteiger partial charge in [-0.1, -0.05) is 6.07 Å². The number of amides is 3. The highest BCUT2D eigenvalue weighted by Gasteiger charge is 2.28. The van der Waals surface area contributed by atoms with Gasteiger partial charge >= 0.3 is 12.1 Å². The first-order chi connectivity index (χ1) is 11.3. The molecular formula is C17H22N4O3. The predicted molar refractivity (Wildman–Crippen MR) is 89.9 cm³/mol. The number of urea groups is 1. The average Bonchev–Trinajstić information content (AvgIpc) is 3.14. The minimum Gasteiger partial charge on any atom is -0.444 e. The number of fused-ring (bicyclic) bond motifs is 1. The van der Waals surface area contributed by atoms with Crippen LogP contribution in [0.1, 0.15) is 31.9 Å². The minimum atomic E-state index is -0.512. The zero-order chi connectivity index (χ0) is 17.3. The Hall–Kier alpha value is -2.70. The first-order valence-corrected chi connectivity index (χ1v) is 7.89. The molecule has 0 saturated heterocycles. The normalized spacial score (nSPS) is 16.0. The maximum atomic E-state index is 12.2. The molecule has 2 N–H and O–H groups in total. The topological polar surface area (TPSA) is 73.9 Å². The summed E-state index contributed by atoms with van der Waals surface area (Å²) in [6.07, 6.45) is 3.09. The van der Waals surface area contributed by atoms with Crippen molar-refractivity contribution in [3.63, 3.8) is 0 Å². The van der Waals surface area contributed by atoms with Crippen LogP contribution in [0.3, 0.4) is 0 Å². The number of carbonyl (C=O) groups is 2. The van der Waals surface area contributed by atoms with Gasteiger partial charge in [0.05, 0.1) is 6.67 Å². The summed E-state index contributed by atoms with van der Waals surface area (Å²) in [5.41, 5.74) is 2.29. The van der Waals surface area contributed by atoms with Crippen LogP contribution in [-0.2, 0) is 17.8 Å². The molecule has 2 aliphatic rings. The number of rotatable bonds is 1. The Bertz CT molecular complexity index is 694. The Balaban J connectivity index is 1.64. The SMILES string of the molecule is CC(C)(C)OC(=O)N1Cc2ccc(NC(=O)N3C=CNC3)cc2C1. The van der Waals surface area contributed by atoms with E-state index in [1.165, 1.54) is 0 Å². The van der Waals surface area contributed by atoms with Crippen LogP contribution >= 0.6 is 0 Å². The van der Waals surface area contributed by atoms with Gasteiger partial charge in [0.25, 0.3) is 0 Å². The first-order valence-electron chi connectivity index (χ1n) is 7.89. The molecule has 128 valence electrons. The van der Waals surface area contributed by atoms with Gasteiger partial charge in [0, 0.05) is 31.2 Å². The van der Waals surface area contributed by atoms with Crippen LogP contribution in [0.25, 0.3) is 0 Å². The van der Waals surface area contributed by atoms with Crippen LogP contribution in [0.5, 0.6) is 0 Å². The molecule has 7 heteroatoms. The van der Waals surface area contributed by atoms with E-state index in [1.807, 2.05) is 39.0 Å². The summed E-state index contributed by atoms with van der Waals surface area (Å²) in [6.45, 7) is 7.02. The number of benzene rings is 1. The molecule has 1 aromatic carbocycles. The van der Waals surface area contributed by atoms with Crippen LogP contribution in [0.4, 0.5) is 15.3 Å². The maximum absolute atomic E-state index is 12.2. The standard InChI is InChI=1S/C17H22N4O3/c1-17(2,3)24-16(23)21-9-12-4-5-14(8-13(12)10-21)19-15(22)20-7-6-18-11-20/h4-8,18H,9-11H2,1-3H3,(H,19,22). The molecule has 2 aliphatic heterocycles. The molecule has 7 nitrogen and oxygen atoms in total. The van der Waals surface area contributed by atoms with E-state index in [0.717, 1.165) is 11.1 Å². The smallest absolute Gasteiger partial charge is 0.410 e. The fourth-order valence-electron chi connectivity index (χ4n) is 2.61. The molecule has 24 heavy (non-hydrogen) atoms. The van der Waals surface area contributed by atoms with E-state index in [2.05, 4.69) is 10.6 Å². The van der Waals surface area contributed by atoms with Crippen LogP contribution in [0, 0.1) is 0 Å². The number of nitrogens with zero attached hydrogens (tertiary/aromatic N) is 2. The van der Waals surface area contributed by atoms with E-state index >= 15 is 0 Å². The Morgan fingerprint density at radius 2 is 1.96 bits per heavy atom. The Kier molecular flexibility index (Phi) is 4.09. The van der Waals surface area contributed by atoms with E-state index in [4.69, 9.17) is 4.74 Å². The minimum absolute atomic E-state index is 0.196. The average molecular weight is 330 g/mol. The lowest BCUT2D eigenvalue weighted by Gasteiger charge is -2.24. The molecule has 0 unspecified atom stereocenters. The van der Waals surface area contributed by atoms with Crippen LogP contribution < -0.4 is 10.6 Å². The van der Waals surface area contributed by atoms with Crippen molar-refractivity contribution in [2.75, 3.05) is 12.0 Å².